The van der Waals surface area contributed by atoms with Crippen molar-refractivity contribution in [3.63, 3.8) is 0 Å². The average molecular weight is 551 g/mol. The van der Waals surface area contributed by atoms with Crippen LogP contribution in [0.1, 0.15) is 50.7 Å². The quantitative estimate of drug-likeness (QED) is 0.247. The van der Waals surface area contributed by atoms with Gasteiger partial charge in [-0.3, -0.25) is 0 Å². The topological polar surface area (TPSA) is 93.9 Å². The van der Waals surface area contributed by atoms with Gasteiger partial charge in [0.05, 0.1) is 23.6 Å². The highest BCUT2D eigenvalue weighted by Gasteiger charge is 2.28. The highest BCUT2D eigenvalue weighted by atomic mass is 16.6. The van der Waals surface area contributed by atoms with E-state index in [1.165, 1.54) is 5.56 Å². The summed E-state index contributed by atoms with van der Waals surface area (Å²) in [6, 6.07) is 16.2. The number of benzene rings is 2. The number of rotatable bonds is 5. The van der Waals surface area contributed by atoms with E-state index < -0.39 is 5.60 Å². The fourth-order valence-electron chi connectivity index (χ4n) is 5.24. The van der Waals surface area contributed by atoms with Gasteiger partial charge in [-0.1, -0.05) is 6.07 Å². The van der Waals surface area contributed by atoms with Crippen LogP contribution in [0.15, 0.2) is 73.6 Å². The third-order valence-electron chi connectivity index (χ3n) is 7.25. The van der Waals surface area contributed by atoms with Gasteiger partial charge in [-0.2, -0.15) is 0 Å². The van der Waals surface area contributed by atoms with Gasteiger partial charge in [0.1, 0.15) is 29.2 Å². The molecule has 6 rings (SSSR count). The largest absolute Gasteiger partial charge is 0.457 e. The lowest BCUT2D eigenvalue weighted by molar-refractivity contribution is 0.0198. The van der Waals surface area contributed by atoms with Gasteiger partial charge in [-0.15, -0.1) is 0 Å². The molecule has 1 unspecified atom stereocenters. The van der Waals surface area contributed by atoms with E-state index in [9.17, 15) is 4.79 Å². The average Bonchev–Trinajstić information content (AvgIpc) is 3.42. The number of carbonyl (C=O) groups is 1. The van der Waals surface area contributed by atoms with E-state index >= 15 is 0 Å². The first-order valence-corrected chi connectivity index (χ1v) is 13.9. The van der Waals surface area contributed by atoms with Crippen LogP contribution in [0, 0.1) is 6.92 Å². The number of imidazole rings is 1. The van der Waals surface area contributed by atoms with Gasteiger partial charge in [-0.25, -0.2) is 19.7 Å². The second-order valence-corrected chi connectivity index (χ2v) is 11.6. The van der Waals surface area contributed by atoms with Gasteiger partial charge in [-0.05, 0) is 88.1 Å². The minimum atomic E-state index is -0.511. The molecule has 0 spiro atoms. The molecule has 1 saturated heterocycles. The van der Waals surface area contributed by atoms with Crippen LogP contribution in [0.4, 0.5) is 16.3 Å². The molecule has 1 fully saturated rings. The number of fused-ring (bicyclic) bond motifs is 2. The SMILES string of the molecule is Cc1cc(Nc2ncnc3ccc(C4CCCN(C(=O)OC(C)(C)C)C4)cc23)ccc1Oc1ccn2cncc2c1. The van der Waals surface area contributed by atoms with Gasteiger partial charge in [0.2, 0.25) is 0 Å². The normalized spacial score (nSPS) is 15.7. The van der Waals surface area contributed by atoms with E-state index in [1.54, 1.807) is 18.9 Å². The van der Waals surface area contributed by atoms with Gasteiger partial charge in [0.15, 0.2) is 0 Å². The Bertz CT molecular complexity index is 1720. The number of nitrogens with zero attached hydrogens (tertiary/aromatic N) is 5. The summed E-state index contributed by atoms with van der Waals surface area (Å²) in [6.07, 6.45) is 8.76. The predicted octanol–water partition coefficient (Wildman–Crippen LogP) is 7.24. The molecule has 4 heterocycles. The zero-order chi connectivity index (χ0) is 28.6. The van der Waals surface area contributed by atoms with Crippen molar-refractivity contribution in [2.24, 2.45) is 0 Å². The van der Waals surface area contributed by atoms with Crippen molar-refractivity contribution in [3.05, 3.63) is 84.7 Å². The van der Waals surface area contributed by atoms with Crippen molar-refractivity contribution in [3.8, 4) is 11.5 Å². The van der Waals surface area contributed by atoms with Crippen LogP contribution in [0.2, 0.25) is 0 Å². The van der Waals surface area contributed by atoms with Gasteiger partial charge in [0, 0.05) is 42.3 Å². The Labute approximate surface area is 239 Å². The van der Waals surface area contributed by atoms with E-state index in [0.717, 1.165) is 57.8 Å². The maximum Gasteiger partial charge on any atom is 0.410 e. The zero-order valence-corrected chi connectivity index (χ0v) is 23.8. The molecule has 0 saturated carbocycles. The molecule has 2 aromatic carbocycles. The van der Waals surface area contributed by atoms with E-state index in [-0.39, 0.29) is 12.0 Å². The first-order valence-electron chi connectivity index (χ1n) is 13.9. The van der Waals surface area contributed by atoms with Gasteiger partial charge >= 0.3 is 6.09 Å². The number of piperidine rings is 1. The number of aryl methyl sites for hydroxylation is 1. The molecule has 1 aliphatic heterocycles. The Morgan fingerprint density at radius 2 is 1.95 bits per heavy atom. The number of hydrogen-bond acceptors (Lipinski definition) is 7. The lowest BCUT2D eigenvalue weighted by Crippen LogP contribution is -2.42. The summed E-state index contributed by atoms with van der Waals surface area (Å²) in [5, 5.41) is 4.42. The van der Waals surface area contributed by atoms with Crippen LogP contribution in [0.25, 0.3) is 16.4 Å². The number of hydrogen-bond donors (Lipinski definition) is 1. The number of carbonyl (C=O) groups excluding carboxylic acids is 1. The molecule has 0 bridgehead atoms. The lowest BCUT2D eigenvalue weighted by Gasteiger charge is -2.34. The molecular formula is C32H34N6O3. The Hall–Kier alpha value is -4.66. The molecule has 1 atom stereocenters. The maximum absolute atomic E-state index is 12.7. The molecule has 0 radical (unpaired) electrons. The Balaban J connectivity index is 1.20. The number of anilines is 2. The molecule has 9 nitrogen and oxygen atoms in total. The molecule has 5 aromatic rings. The minimum absolute atomic E-state index is 0.217. The smallest absolute Gasteiger partial charge is 0.410 e. The number of ether oxygens (including phenoxy) is 2. The van der Waals surface area contributed by atoms with E-state index in [2.05, 4.69) is 32.4 Å². The summed E-state index contributed by atoms with van der Waals surface area (Å²) < 4.78 is 13.7. The molecule has 41 heavy (non-hydrogen) atoms. The second kappa shape index (κ2) is 10.7. The predicted molar refractivity (Wildman–Crippen MR) is 159 cm³/mol. The first kappa shape index (κ1) is 26.6. The lowest BCUT2D eigenvalue weighted by atomic mass is 9.90. The monoisotopic (exact) mass is 550 g/mol. The highest BCUT2D eigenvalue weighted by molar-refractivity contribution is 5.91. The van der Waals surface area contributed by atoms with Crippen LogP contribution < -0.4 is 10.1 Å². The van der Waals surface area contributed by atoms with Crippen LogP contribution in [0.5, 0.6) is 11.5 Å². The number of amides is 1. The number of nitrogens with one attached hydrogen (secondary N) is 1. The second-order valence-electron chi connectivity index (χ2n) is 11.6. The maximum atomic E-state index is 12.7. The van der Waals surface area contributed by atoms with Crippen LogP contribution in [0.3, 0.4) is 0 Å². The van der Waals surface area contributed by atoms with Crippen molar-refractivity contribution < 1.29 is 14.3 Å². The fraction of sp³-hybridized carbons (Fsp3) is 0.312. The zero-order valence-electron chi connectivity index (χ0n) is 23.8. The number of pyridine rings is 1. The Kier molecular flexibility index (Phi) is 6.95. The summed E-state index contributed by atoms with van der Waals surface area (Å²) in [7, 11) is 0. The Morgan fingerprint density at radius 3 is 2.78 bits per heavy atom. The fourth-order valence-corrected chi connectivity index (χ4v) is 5.24. The standard InChI is InChI=1S/C32H34N6O3/c1-21-14-24(8-10-29(21)40-26-11-13-38-20-33-17-25(38)16-26)36-30-27-15-22(7-9-28(27)34-19-35-30)23-6-5-12-37(18-23)31(39)41-32(2,3)4/h7-11,13-17,19-20,23H,5-6,12,18H2,1-4H3,(H,34,35,36). The Morgan fingerprint density at radius 1 is 1.07 bits per heavy atom. The molecule has 210 valence electrons. The molecule has 1 N–H and O–H groups in total. The van der Waals surface area contributed by atoms with Crippen LogP contribution in [-0.4, -0.2) is 49.0 Å². The number of aromatic nitrogens is 4. The van der Waals surface area contributed by atoms with Crippen molar-refractivity contribution in [1.29, 1.82) is 0 Å². The first-order chi connectivity index (χ1) is 19.7. The van der Waals surface area contributed by atoms with Crippen molar-refractivity contribution in [1.82, 2.24) is 24.3 Å². The van der Waals surface area contributed by atoms with Crippen LogP contribution >= 0.6 is 0 Å². The third-order valence-corrected chi connectivity index (χ3v) is 7.25. The van der Waals surface area contributed by atoms with Gasteiger partial charge in [0.25, 0.3) is 0 Å². The highest BCUT2D eigenvalue weighted by Crippen LogP contribution is 2.33. The minimum Gasteiger partial charge on any atom is -0.457 e. The van der Waals surface area contributed by atoms with E-state index in [0.29, 0.717) is 13.1 Å². The van der Waals surface area contributed by atoms with E-state index in [4.69, 9.17) is 9.47 Å². The summed E-state index contributed by atoms with van der Waals surface area (Å²) >= 11 is 0. The van der Waals surface area contributed by atoms with E-state index in [1.807, 2.05) is 79.6 Å². The molecule has 1 amide bonds. The summed E-state index contributed by atoms with van der Waals surface area (Å²) in [4.78, 5) is 27.8. The molecule has 3 aromatic heterocycles. The molecule has 0 aliphatic carbocycles. The molecular weight excluding hydrogens is 516 g/mol. The molecule has 9 heteroatoms. The van der Waals surface area contributed by atoms with Gasteiger partial charge < -0.3 is 24.1 Å². The third kappa shape index (κ3) is 5.94. The molecule has 1 aliphatic rings. The van der Waals surface area contributed by atoms with Crippen molar-refractivity contribution >= 4 is 34.0 Å². The summed E-state index contributed by atoms with van der Waals surface area (Å²) in [5.41, 5.74) is 4.38. The number of likely N-dealkylation sites (tertiary alicyclic amines) is 1. The van der Waals surface area contributed by atoms with Crippen molar-refractivity contribution in [2.75, 3.05) is 18.4 Å². The van der Waals surface area contributed by atoms with Crippen LogP contribution in [-0.2, 0) is 4.74 Å². The summed E-state index contributed by atoms with van der Waals surface area (Å²) in [6.45, 7) is 9.06. The van der Waals surface area contributed by atoms with Crippen molar-refractivity contribution in [2.45, 2.75) is 52.1 Å². The summed E-state index contributed by atoms with van der Waals surface area (Å²) in [5.74, 6) is 2.48.